The van der Waals surface area contributed by atoms with Gasteiger partial charge in [-0.1, -0.05) is 140 Å². The van der Waals surface area contributed by atoms with Crippen molar-refractivity contribution in [1.82, 2.24) is 0 Å². The highest BCUT2D eigenvalue weighted by Crippen LogP contribution is 2.52. The van der Waals surface area contributed by atoms with E-state index in [1.165, 1.54) is 106 Å². The lowest BCUT2D eigenvalue weighted by atomic mass is 9.84. The van der Waals surface area contributed by atoms with Gasteiger partial charge in [0, 0.05) is 30.9 Å². The van der Waals surface area contributed by atoms with Gasteiger partial charge in [0.25, 0.3) is 0 Å². The van der Waals surface area contributed by atoms with Crippen LogP contribution in [-0.2, 0) is 0 Å². The number of benzene rings is 9. The lowest BCUT2D eigenvalue weighted by Gasteiger charge is -2.19. The van der Waals surface area contributed by atoms with Crippen molar-refractivity contribution in [2.24, 2.45) is 0 Å². The van der Waals surface area contributed by atoms with Crippen molar-refractivity contribution in [3.8, 4) is 33.4 Å². The van der Waals surface area contributed by atoms with E-state index in [9.17, 15) is 0 Å². The average Bonchev–Trinajstić information content (AvgIpc) is 3.76. The maximum absolute atomic E-state index is 2.50. The summed E-state index contributed by atoms with van der Waals surface area (Å²) in [7, 11) is 0. The Morgan fingerprint density at radius 1 is 0.300 bits per heavy atom. The van der Waals surface area contributed by atoms with E-state index in [-0.39, 0.29) is 0 Å². The van der Waals surface area contributed by atoms with Gasteiger partial charge < -0.3 is 0 Å². The van der Waals surface area contributed by atoms with Crippen molar-refractivity contribution >= 4 is 95.3 Å². The lowest BCUT2D eigenvalue weighted by molar-refractivity contribution is 1.64. The van der Waals surface area contributed by atoms with Crippen molar-refractivity contribution in [3.05, 3.63) is 170 Å². The first-order chi connectivity index (χ1) is 24.8. The quantitative estimate of drug-likeness (QED) is 0.164. The smallest absolute Gasteiger partial charge is 0.0540 e. The molecule has 0 spiro atoms. The molecule has 0 N–H and O–H groups in total. The minimum Gasteiger partial charge on any atom is -0.134 e. The summed E-state index contributed by atoms with van der Waals surface area (Å²) >= 11 is 3.87. The molecule has 0 aliphatic heterocycles. The highest BCUT2D eigenvalue weighted by atomic mass is 32.1. The molecule has 50 heavy (non-hydrogen) atoms. The third-order valence-corrected chi connectivity index (χ3v) is 13.0. The molecular formula is C48H28S2. The van der Waals surface area contributed by atoms with Gasteiger partial charge in [0.15, 0.2) is 0 Å². The normalized spacial score (nSPS) is 12.0. The first kappa shape index (κ1) is 28.1. The third kappa shape index (κ3) is 4.10. The van der Waals surface area contributed by atoms with Crippen LogP contribution in [0.5, 0.6) is 0 Å². The second kappa shape index (κ2) is 10.9. The van der Waals surface area contributed by atoms with Gasteiger partial charge in [-0.15, -0.1) is 22.7 Å². The monoisotopic (exact) mass is 668 g/mol. The van der Waals surface area contributed by atoms with Gasteiger partial charge in [-0.05, 0) is 96.0 Å². The molecule has 0 atom stereocenters. The van der Waals surface area contributed by atoms with Crippen molar-refractivity contribution in [2.45, 2.75) is 0 Å². The highest BCUT2D eigenvalue weighted by molar-refractivity contribution is 7.33. The molecule has 0 amide bonds. The van der Waals surface area contributed by atoms with Crippen molar-refractivity contribution in [3.63, 3.8) is 0 Å². The summed E-state index contributed by atoms with van der Waals surface area (Å²) in [5.74, 6) is 0. The summed E-state index contributed by atoms with van der Waals surface area (Å²) in [6.45, 7) is 0. The second-order valence-corrected chi connectivity index (χ2v) is 15.3. The van der Waals surface area contributed by atoms with Crippen LogP contribution in [0.4, 0.5) is 0 Å². The molecule has 11 rings (SSSR count). The standard InChI is InChI=1S/C48H28S2/c1-2-12-29(13-3-1)30-22-23-32-27-33(25-24-31(32)26-30)44-35-15-4-6-17-37(35)45(38-18-7-5-16-36(38)44)41-28-40-34-14-8-10-20-42(34)49-47(40)48-46(41)39-19-9-11-21-43(39)50-48/h1-28H. The molecule has 2 aromatic heterocycles. The fourth-order valence-corrected chi connectivity index (χ4v) is 10.8. The average molecular weight is 669 g/mol. The maximum Gasteiger partial charge on any atom is 0.0540 e. The van der Waals surface area contributed by atoms with Gasteiger partial charge in [0.05, 0.1) is 9.40 Å². The van der Waals surface area contributed by atoms with E-state index < -0.39 is 0 Å². The molecule has 0 bridgehead atoms. The van der Waals surface area contributed by atoms with E-state index in [4.69, 9.17) is 0 Å². The minimum absolute atomic E-state index is 1.24. The van der Waals surface area contributed by atoms with Gasteiger partial charge in [-0.3, -0.25) is 0 Å². The molecule has 232 valence electrons. The molecule has 0 unspecified atom stereocenters. The zero-order valence-electron chi connectivity index (χ0n) is 27.0. The molecule has 0 aliphatic carbocycles. The number of fused-ring (bicyclic) bond motifs is 10. The topological polar surface area (TPSA) is 0 Å². The first-order valence-electron chi connectivity index (χ1n) is 17.1. The molecular weight excluding hydrogens is 641 g/mol. The molecule has 0 saturated carbocycles. The van der Waals surface area contributed by atoms with Crippen LogP contribution in [0, 0.1) is 0 Å². The summed E-state index contributed by atoms with van der Waals surface area (Å²) in [6.07, 6.45) is 0. The Morgan fingerprint density at radius 2 is 0.800 bits per heavy atom. The lowest BCUT2D eigenvalue weighted by Crippen LogP contribution is -1.91. The molecule has 11 aromatic rings. The zero-order chi connectivity index (χ0) is 32.8. The predicted octanol–water partition coefficient (Wildman–Crippen LogP) is 14.9. The van der Waals surface area contributed by atoms with E-state index in [0.29, 0.717) is 0 Å². The van der Waals surface area contributed by atoms with Crippen LogP contribution in [-0.4, -0.2) is 0 Å². The number of rotatable bonds is 3. The molecule has 2 heteroatoms. The van der Waals surface area contributed by atoms with Crippen LogP contribution in [0.3, 0.4) is 0 Å². The molecule has 0 saturated heterocycles. The van der Waals surface area contributed by atoms with Gasteiger partial charge in [-0.25, -0.2) is 0 Å². The summed E-state index contributed by atoms with van der Waals surface area (Å²) in [5, 5.41) is 13.0. The first-order valence-corrected chi connectivity index (χ1v) is 18.7. The Labute approximate surface area is 297 Å². The maximum atomic E-state index is 2.50. The minimum atomic E-state index is 1.24. The van der Waals surface area contributed by atoms with Crippen molar-refractivity contribution in [1.29, 1.82) is 0 Å². The van der Waals surface area contributed by atoms with Gasteiger partial charge in [0.2, 0.25) is 0 Å². The molecule has 0 nitrogen and oxygen atoms in total. The van der Waals surface area contributed by atoms with Crippen LogP contribution >= 0.6 is 22.7 Å². The number of hydrogen-bond donors (Lipinski definition) is 0. The number of thiophene rings is 2. The SMILES string of the molecule is c1ccc(-c2ccc3cc(-c4c5ccccc5c(-c5cc6c7ccccc7sc6c6sc7ccccc7c56)c5ccccc45)ccc3c2)cc1. The molecule has 0 fully saturated rings. The van der Waals surface area contributed by atoms with Crippen LogP contribution in [0.2, 0.25) is 0 Å². The largest absolute Gasteiger partial charge is 0.134 e. The van der Waals surface area contributed by atoms with Crippen molar-refractivity contribution in [2.75, 3.05) is 0 Å². The third-order valence-electron chi connectivity index (χ3n) is 10.4. The summed E-state index contributed by atoms with van der Waals surface area (Å²) < 4.78 is 5.46. The van der Waals surface area contributed by atoms with E-state index in [1.807, 2.05) is 22.7 Å². The second-order valence-electron chi connectivity index (χ2n) is 13.2. The van der Waals surface area contributed by atoms with E-state index in [1.54, 1.807) is 0 Å². The Kier molecular flexibility index (Phi) is 6.09. The van der Waals surface area contributed by atoms with Gasteiger partial charge in [-0.2, -0.15) is 0 Å². The van der Waals surface area contributed by atoms with E-state index in [2.05, 4.69) is 170 Å². The summed E-state index contributed by atoms with van der Waals surface area (Å²) in [6, 6.07) is 63.0. The van der Waals surface area contributed by atoms with Crippen LogP contribution in [0.15, 0.2) is 170 Å². The molecule has 0 radical (unpaired) electrons. The van der Waals surface area contributed by atoms with Crippen LogP contribution in [0.1, 0.15) is 0 Å². The Morgan fingerprint density at radius 3 is 1.48 bits per heavy atom. The van der Waals surface area contributed by atoms with E-state index >= 15 is 0 Å². The number of hydrogen-bond acceptors (Lipinski definition) is 2. The molecule has 9 aromatic carbocycles. The van der Waals surface area contributed by atoms with Crippen LogP contribution < -0.4 is 0 Å². The van der Waals surface area contributed by atoms with Crippen LogP contribution in [0.25, 0.3) is 106 Å². The Balaban J connectivity index is 1.23. The summed E-state index contributed by atoms with van der Waals surface area (Å²) in [4.78, 5) is 0. The Bertz CT molecular complexity index is 3080. The molecule has 2 heterocycles. The fourth-order valence-electron chi connectivity index (χ4n) is 8.20. The predicted molar refractivity (Wildman–Crippen MR) is 221 cm³/mol. The molecule has 0 aliphatic rings. The van der Waals surface area contributed by atoms with Gasteiger partial charge in [0.1, 0.15) is 0 Å². The van der Waals surface area contributed by atoms with E-state index in [0.717, 1.165) is 0 Å². The highest BCUT2D eigenvalue weighted by Gasteiger charge is 2.22. The van der Waals surface area contributed by atoms with Crippen molar-refractivity contribution < 1.29 is 0 Å². The summed E-state index contributed by atoms with van der Waals surface area (Å²) in [5.41, 5.74) is 7.66. The zero-order valence-corrected chi connectivity index (χ0v) is 28.6. The Hall–Kier alpha value is -5.80. The fraction of sp³-hybridized carbons (Fsp3) is 0. The van der Waals surface area contributed by atoms with Gasteiger partial charge >= 0.3 is 0 Å².